The van der Waals surface area contributed by atoms with Gasteiger partial charge in [-0.25, -0.2) is 0 Å². The molecule has 0 saturated heterocycles. The van der Waals surface area contributed by atoms with Crippen molar-refractivity contribution >= 4 is 56.4 Å². The minimum Gasteiger partial charge on any atom is -0.410 e. The Bertz CT molecular complexity index is 1150. The molecule has 0 unspecified atom stereocenters. The molecule has 0 saturated carbocycles. The van der Waals surface area contributed by atoms with Gasteiger partial charge in [0.1, 0.15) is 4.88 Å². The highest BCUT2D eigenvalue weighted by atomic mass is 35.5. The second kappa shape index (κ2) is 7.95. The van der Waals surface area contributed by atoms with Gasteiger partial charge in [0.15, 0.2) is 0 Å². The van der Waals surface area contributed by atoms with Gasteiger partial charge in [-0.15, -0.1) is 21.5 Å². The second-order valence-corrected chi connectivity index (χ2v) is 8.57. The first-order valence-corrected chi connectivity index (χ1v) is 10.7. The van der Waals surface area contributed by atoms with Crippen molar-refractivity contribution in [2.24, 2.45) is 0 Å². The molecule has 2 aromatic carbocycles. The zero-order chi connectivity index (χ0) is 19.7. The number of benzene rings is 2. The lowest BCUT2D eigenvalue weighted by Crippen LogP contribution is -2.15. The van der Waals surface area contributed by atoms with Gasteiger partial charge in [0, 0.05) is 15.8 Å². The molecule has 0 atom stereocenters. The van der Waals surface area contributed by atoms with Crippen LogP contribution in [0.15, 0.2) is 52.1 Å². The molecule has 142 valence electrons. The number of amides is 1. The van der Waals surface area contributed by atoms with Crippen LogP contribution in [0, 0.1) is 13.8 Å². The van der Waals surface area contributed by atoms with Gasteiger partial charge in [0.05, 0.1) is 10.8 Å². The number of hydrogen-bond donors (Lipinski definition) is 1. The number of carbonyl (C=O) groups is 1. The van der Waals surface area contributed by atoms with E-state index in [0.717, 1.165) is 31.8 Å². The number of hydrogen-bond acceptors (Lipinski definition) is 6. The topological polar surface area (TPSA) is 68.0 Å². The van der Waals surface area contributed by atoms with Crippen molar-refractivity contribution in [3.8, 4) is 10.8 Å². The average Bonchev–Trinajstić information content (AvgIpc) is 3.28. The molecule has 4 aromatic rings. The molecule has 0 bridgehead atoms. The Morgan fingerprint density at radius 2 is 1.89 bits per heavy atom. The second-order valence-electron chi connectivity index (χ2n) is 6.22. The first-order chi connectivity index (χ1) is 13.5. The van der Waals surface area contributed by atoms with Crippen LogP contribution in [0.2, 0.25) is 5.02 Å². The molecule has 0 fully saturated rings. The van der Waals surface area contributed by atoms with E-state index in [9.17, 15) is 4.79 Å². The number of aryl methyl sites for hydroxylation is 2. The molecule has 1 N–H and O–H groups in total. The van der Waals surface area contributed by atoms with E-state index in [4.69, 9.17) is 16.0 Å². The van der Waals surface area contributed by atoms with E-state index in [1.54, 1.807) is 0 Å². The fourth-order valence-electron chi connectivity index (χ4n) is 2.83. The van der Waals surface area contributed by atoms with Crippen molar-refractivity contribution in [2.75, 3.05) is 11.1 Å². The normalized spacial score (nSPS) is 11.1. The van der Waals surface area contributed by atoms with Crippen LogP contribution >= 0.6 is 34.7 Å². The SMILES string of the molecule is Cc1cccc(C)c1NC(=O)CSc1nnc(-c2sc3ccccc3c2Cl)o1. The Morgan fingerprint density at radius 3 is 2.64 bits per heavy atom. The van der Waals surface area contributed by atoms with E-state index in [1.165, 1.54) is 23.1 Å². The van der Waals surface area contributed by atoms with E-state index < -0.39 is 0 Å². The van der Waals surface area contributed by atoms with Gasteiger partial charge in [0.25, 0.3) is 11.1 Å². The summed E-state index contributed by atoms with van der Waals surface area (Å²) in [5, 5.41) is 13.0. The summed E-state index contributed by atoms with van der Waals surface area (Å²) in [6.45, 7) is 3.93. The molecule has 2 aromatic heterocycles. The van der Waals surface area contributed by atoms with Gasteiger partial charge >= 0.3 is 0 Å². The van der Waals surface area contributed by atoms with Gasteiger partial charge in [-0.1, -0.05) is 59.8 Å². The van der Waals surface area contributed by atoms with Crippen molar-refractivity contribution in [3.63, 3.8) is 0 Å². The summed E-state index contributed by atoms with van der Waals surface area (Å²) < 4.78 is 6.77. The maximum Gasteiger partial charge on any atom is 0.277 e. The third-order valence-electron chi connectivity index (χ3n) is 4.21. The number of halogens is 1. The molecule has 0 aliphatic heterocycles. The molecule has 0 aliphatic carbocycles. The van der Waals surface area contributed by atoms with Crippen LogP contribution in [-0.4, -0.2) is 21.9 Å². The molecular formula is C20H16ClN3O2S2. The van der Waals surface area contributed by atoms with Gasteiger partial charge in [-0.3, -0.25) is 4.79 Å². The third-order valence-corrected chi connectivity index (χ3v) is 6.69. The number of thioether (sulfide) groups is 1. The van der Waals surface area contributed by atoms with E-state index in [-0.39, 0.29) is 11.7 Å². The lowest BCUT2D eigenvalue weighted by Gasteiger charge is -2.10. The van der Waals surface area contributed by atoms with E-state index in [1.807, 2.05) is 56.3 Å². The molecular weight excluding hydrogens is 414 g/mol. The molecule has 28 heavy (non-hydrogen) atoms. The predicted molar refractivity (Wildman–Crippen MR) is 115 cm³/mol. The fraction of sp³-hybridized carbons (Fsp3) is 0.150. The Labute approximate surface area is 175 Å². The molecule has 8 heteroatoms. The highest BCUT2D eigenvalue weighted by Crippen LogP contribution is 2.41. The van der Waals surface area contributed by atoms with Crippen LogP contribution in [0.1, 0.15) is 11.1 Å². The number of fused-ring (bicyclic) bond motifs is 1. The molecule has 2 heterocycles. The van der Waals surface area contributed by atoms with Crippen LogP contribution in [0.25, 0.3) is 20.9 Å². The number of para-hydroxylation sites is 1. The first kappa shape index (κ1) is 19.0. The summed E-state index contributed by atoms with van der Waals surface area (Å²) in [5.74, 6) is 0.418. The van der Waals surface area contributed by atoms with Crippen LogP contribution in [-0.2, 0) is 4.79 Å². The first-order valence-electron chi connectivity index (χ1n) is 8.52. The lowest BCUT2D eigenvalue weighted by molar-refractivity contribution is -0.113. The Balaban J connectivity index is 1.45. The maximum absolute atomic E-state index is 12.3. The third kappa shape index (κ3) is 3.78. The van der Waals surface area contributed by atoms with Gasteiger partial charge < -0.3 is 9.73 Å². The highest BCUT2D eigenvalue weighted by molar-refractivity contribution is 7.99. The van der Waals surface area contributed by atoms with E-state index in [0.29, 0.717) is 16.1 Å². The number of thiophene rings is 1. The Kier molecular flexibility index (Phi) is 5.39. The van der Waals surface area contributed by atoms with E-state index >= 15 is 0 Å². The maximum atomic E-state index is 12.3. The summed E-state index contributed by atoms with van der Waals surface area (Å²) >= 11 is 9.16. The predicted octanol–water partition coefficient (Wildman–Crippen LogP) is 5.95. The van der Waals surface area contributed by atoms with Gasteiger partial charge in [-0.05, 0) is 31.0 Å². The van der Waals surface area contributed by atoms with Crippen molar-refractivity contribution in [1.29, 1.82) is 0 Å². The molecule has 0 aliphatic rings. The monoisotopic (exact) mass is 429 g/mol. The summed E-state index contributed by atoms with van der Waals surface area (Å²) in [6, 6.07) is 13.8. The average molecular weight is 430 g/mol. The largest absolute Gasteiger partial charge is 0.410 e. The number of rotatable bonds is 5. The van der Waals surface area contributed by atoms with Crippen molar-refractivity contribution in [1.82, 2.24) is 10.2 Å². The van der Waals surface area contributed by atoms with Crippen molar-refractivity contribution < 1.29 is 9.21 Å². The van der Waals surface area contributed by atoms with Crippen LogP contribution in [0.4, 0.5) is 5.69 Å². The number of aromatic nitrogens is 2. The number of nitrogens with zero attached hydrogens (tertiary/aromatic N) is 2. The zero-order valence-electron chi connectivity index (χ0n) is 15.2. The molecule has 0 radical (unpaired) electrons. The Morgan fingerprint density at radius 1 is 1.14 bits per heavy atom. The number of nitrogens with one attached hydrogen (secondary N) is 1. The molecule has 4 rings (SSSR count). The zero-order valence-corrected chi connectivity index (χ0v) is 17.5. The summed E-state index contributed by atoms with van der Waals surface area (Å²) in [6.07, 6.45) is 0. The van der Waals surface area contributed by atoms with Crippen molar-refractivity contribution in [2.45, 2.75) is 19.1 Å². The highest BCUT2D eigenvalue weighted by Gasteiger charge is 2.18. The van der Waals surface area contributed by atoms with Crippen LogP contribution in [0.3, 0.4) is 0 Å². The quantitative estimate of drug-likeness (QED) is 0.397. The summed E-state index contributed by atoms with van der Waals surface area (Å²) in [5.41, 5.74) is 2.90. The minimum absolute atomic E-state index is 0.123. The Hall–Kier alpha value is -2.35. The fourth-order valence-corrected chi connectivity index (χ4v) is 4.82. The number of anilines is 1. The summed E-state index contributed by atoms with van der Waals surface area (Å²) in [7, 11) is 0. The smallest absolute Gasteiger partial charge is 0.277 e. The van der Waals surface area contributed by atoms with E-state index in [2.05, 4.69) is 15.5 Å². The number of carbonyl (C=O) groups excluding carboxylic acids is 1. The van der Waals surface area contributed by atoms with Gasteiger partial charge in [-0.2, -0.15) is 0 Å². The van der Waals surface area contributed by atoms with Crippen molar-refractivity contribution in [3.05, 3.63) is 58.6 Å². The van der Waals surface area contributed by atoms with Crippen LogP contribution in [0.5, 0.6) is 0 Å². The minimum atomic E-state index is -0.123. The molecule has 1 amide bonds. The summed E-state index contributed by atoms with van der Waals surface area (Å²) in [4.78, 5) is 13.0. The standard InChI is InChI=1S/C20H16ClN3O2S2/c1-11-6-5-7-12(2)17(11)22-15(25)10-27-20-24-23-19(26-20)18-16(21)13-8-3-4-9-14(13)28-18/h3-9H,10H2,1-2H3,(H,22,25). The lowest BCUT2D eigenvalue weighted by atomic mass is 10.1. The van der Waals surface area contributed by atoms with Crippen LogP contribution < -0.4 is 5.32 Å². The van der Waals surface area contributed by atoms with Gasteiger partial charge in [0.2, 0.25) is 5.91 Å². The molecule has 0 spiro atoms. The molecule has 5 nitrogen and oxygen atoms in total.